The van der Waals surface area contributed by atoms with Gasteiger partial charge in [0.05, 0.1) is 0 Å². The van der Waals surface area contributed by atoms with Crippen LogP contribution in [0, 0.1) is 5.82 Å². The van der Waals surface area contributed by atoms with Crippen molar-refractivity contribution in [3.63, 3.8) is 0 Å². The molecule has 0 bridgehead atoms. The maximum absolute atomic E-state index is 13.0. The van der Waals surface area contributed by atoms with Gasteiger partial charge in [0, 0.05) is 29.5 Å². The molecule has 4 nitrogen and oxygen atoms in total. The average molecular weight is 272 g/mol. The van der Waals surface area contributed by atoms with Crippen LogP contribution in [0.4, 0.5) is 15.8 Å². The number of amides is 1. The molecule has 0 saturated heterocycles. The van der Waals surface area contributed by atoms with E-state index in [0.717, 1.165) is 6.07 Å². The number of carbonyl (C=O) groups excluding carboxylic acids is 2. The molecule has 2 rings (SSSR count). The topological polar surface area (TPSA) is 63.4 Å². The Bertz CT molecular complexity index is 653. The Morgan fingerprint density at radius 1 is 1.20 bits per heavy atom. The van der Waals surface area contributed by atoms with Crippen molar-refractivity contribution in [2.75, 3.05) is 17.7 Å². The molecule has 0 atom stereocenters. The fourth-order valence-corrected chi connectivity index (χ4v) is 1.80. The molecule has 2 aromatic rings. The minimum Gasteiger partial charge on any atom is -0.398 e. The second-order valence-electron chi connectivity index (χ2n) is 4.32. The van der Waals surface area contributed by atoms with Crippen molar-refractivity contribution in [2.24, 2.45) is 0 Å². The molecule has 20 heavy (non-hydrogen) atoms. The number of halogens is 1. The van der Waals surface area contributed by atoms with Gasteiger partial charge in [-0.15, -0.1) is 0 Å². The first-order chi connectivity index (χ1) is 9.52. The summed E-state index contributed by atoms with van der Waals surface area (Å²) in [7, 11) is 1.61. The van der Waals surface area contributed by atoms with Gasteiger partial charge in [-0.2, -0.15) is 0 Å². The number of nitrogens with zero attached hydrogens (tertiary/aromatic N) is 1. The minimum atomic E-state index is -0.484. The van der Waals surface area contributed by atoms with Crippen LogP contribution < -0.4 is 10.6 Å². The second-order valence-corrected chi connectivity index (χ2v) is 4.32. The third-order valence-electron chi connectivity index (χ3n) is 2.95. The van der Waals surface area contributed by atoms with E-state index in [-0.39, 0.29) is 17.0 Å². The molecular weight excluding hydrogens is 259 g/mol. The van der Waals surface area contributed by atoms with E-state index in [1.54, 1.807) is 31.3 Å². The molecular formula is C15H13FN2O2. The summed E-state index contributed by atoms with van der Waals surface area (Å²) in [5.41, 5.74) is 7.09. The Morgan fingerprint density at radius 3 is 2.40 bits per heavy atom. The number of rotatable bonds is 4. The normalized spacial score (nSPS) is 10.1. The molecule has 0 saturated carbocycles. The van der Waals surface area contributed by atoms with Crippen LogP contribution in [-0.4, -0.2) is 19.2 Å². The Hall–Kier alpha value is -2.69. The average Bonchev–Trinajstić information content (AvgIpc) is 2.46. The zero-order chi connectivity index (χ0) is 14.7. The van der Waals surface area contributed by atoms with E-state index in [1.807, 2.05) is 0 Å². The summed E-state index contributed by atoms with van der Waals surface area (Å²) in [6.45, 7) is 0. The van der Waals surface area contributed by atoms with E-state index in [4.69, 9.17) is 5.73 Å². The summed E-state index contributed by atoms with van der Waals surface area (Å²) in [4.78, 5) is 24.3. The Morgan fingerprint density at radius 2 is 1.85 bits per heavy atom. The van der Waals surface area contributed by atoms with Crippen LogP contribution in [0.5, 0.6) is 0 Å². The largest absolute Gasteiger partial charge is 0.398 e. The molecule has 0 heterocycles. The highest BCUT2D eigenvalue weighted by Gasteiger charge is 2.13. The van der Waals surface area contributed by atoms with Crippen LogP contribution in [0.15, 0.2) is 42.5 Å². The van der Waals surface area contributed by atoms with Gasteiger partial charge in [-0.05, 0) is 42.5 Å². The molecule has 0 aliphatic carbocycles. The molecule has 0 radical (unpaired) electrons. The molecule has 102 valence electrons. The molecule has 2 aromatic carbocycles. The van der Waals surface area contributed by atoms with Gasteiger partial charge in [-0.25, -0.2) is 4.39 Å². The van der Waals surface area contributed by atoms with Gasteiger partial charge in [0.15, 0.2) is 5.78 Å². The third kappa shape index (κ3) is 2.66. The summed E-state index contributed by atoms with van der Waals surface area (Å²) in [5, 5.41) is 0. The van der Waals surface area contributed by atoms with Gasteiger partial charge in [-0.3, -0.25) is 9.59 Å². The summed E-state index contributed by atoms with van der Waals surface area (Å²) in [6, 6.07) is 10.2. The summed E-state index contributed by atoms with van der Waals surface area (Å²) >= 11 is 0. The monoisotopic (exact) mass is 272 g/mol. The van der Waals surface area contributed by atoms with Gasteiger partial charge in [-0.1, -0.05) is 0 Å². The van der Waals surface area contributed by atoms with E-state index < -0.39 is 5.82 Å². The Labute approximate surface area is 115 Å². The second kappa shape index (κ2) is 5.52. The number of benzene rings is 2. The summed E-state index contributed by atoms with van der Waals surface area (Å²) in [6.07, 6.45) is 0.675. The number of carbonyl (C=O) groups is 2. The first-order valence-corrected chi connectivity index (χ1v) is 5.91. The van der Waals surface area contributed by atoms with Crippen molar-refractivity contribution < 1.29 is 14.0 Å². The Balaban J connectivity index is 2.31. The first-order valence-electron chi connectivity index (χ1n) is 5.91. The lowest BCUT2D eigenvalue weighted by Gasteiger charge is -2.11. The van der Waals surface area contributed by atoms with Crippen LogP contribution in [0.1, 0.15) is 15.9 Å². The van der Waals surface area contributed by atoms with Crippen LogP contribution in [-0.2, 0) is 4.79 Å². The SMILES string of the molecule is CN(C=O)c1ccc(C(=O)c2ccc(F)cc2N)cc1. The first kappa shape index (κ1) is 13.7. The van der Waals surface area contributed by atoms with Gasteiger partial charge in [0.2, 0.25) is 6.41 Å². The van der Waals surface area contributed by atoms with Crippen LogP contribution in [0.2, 0.25) is 0 Å². The van der Waals surface area contributed by atoms with E-state index >= 15 is 0 Å². The fourth-order valence-electron chi connectivity index (χ4n) is 1.80. The molecule has 5 heteroatoms. The zero-order valence-electron chi connectivity index (χ0n) is 10.8. The van der Waals surface area contributed by atoms with Gasteiger partial charge >= 0.3 is 0 Å². The molecule has 2 N–H and O–H groups in total. The van der Waals surface area contributed by atoms with E-state index in [0.29, 0.717) is 17.7 Å². The Kier molecular flexibility index (Phi) is 3.79. The fraction of sp³-hybridized carbons (Fsp3) is 0.0667. The van der Waals surface area contributed by atoms with Crippen molar-refractivity contribution >= 4 is 23.6 Å². The number of nitrogen functional groups attached to an aromatic ring is 1. The minimum absolute atomic E-state index is 0.101. The summed E-state index contributed by atoms with van der Waals surface area (Å²) < 4.78 is 13.0. The molecule has 0 aliphatic heterocycles. The van der Waals surface area contributed by atoms with Gasteiger partial charge in [0.1, 0.15) is 5.82 Å². The van der Waals surface area contributed by atoms with Crippen molar-refractivity contribution in [1.82, 2.24) is 0 Å². The maximum Gasteiger partial charge on any atom is 0.213 e. The lowest BCUT2D eigenvalue weighted by molar-refractivity contribution is -0.107. The van der Waals surface area contributed by atoms with E-state index in [1.165, 1.54) is 17.0 Å². The number of hydrogen-bond donors (Lipinski definition) is 1. The zero-order valence-corrected chi connectivity index (χ0v) is 10.8. The lowest BCUT2D eigenvalue weighted by atomic mass is 10.0. The molecule has 0 spiro atoms. The number of anilines is 2. The molecule has 0 aromatic heterocycles. The predicted octanol–water partition coefficient (Wildman–Crippen LogP) is 2.23. The van der Waals surface area contributed by atoms with Gasteiger partial charge in [0.25, 0.3) is 0 Å². The van der Waals surface area contributed by atoms with Crippen molar-refractivity contribution in [3.8, 4) is 0 Å². The number of ketones is 1. The molecule has 0 fully saturated rings. The van der Waals surface area contributed by atoms with E-state index in [9.17, 15) is 14.0 Å². The standard InChI is InChI=1S/C15H13FN2O2/c1-18(9-19)12-5-2-10(3-6-12)15(20)13-7-4-11(16)8-14(13)17/h2-9H,17H2,1H3. The highest BCUT2D eigenvalue weighted by atomic mass is 19.1. The molecule has 1 amide bonds. The predicted molar refractivity (Wildman–Crippen MR) is 75.2 cm³/mol. The lowest BCUT2D eigenvalue weighted by Crippen LogP contribution is -2.13. The van der Waals surface area contributed by atoms with Gasteiger partial charge < -0.3 is 10.6 Å². The summed E-state index contributed by atoms with van der Waals surface area (Å²) in [5.74, 6) is -0.773. The third-order valence-corrected chi connectivity index (χ3v) is 2.95. The van der Waals surface area contributed by atoms with Crippen molar-refractivity contribution in [1.29, 1.82) is 0 Å². The van der Waals surface area contributed by atoms with Crippen LogP contribution in [0.3, 0.4) is 0 Å². The van der Waals surface area contributed by atoms with E-state index in [2.05, 4.69) is 0 Å². The molecule has 0 aliphatic rings. The van der Waals surface area contributed by atoms with Crippen LogP contribution in [0.25, 0.3) is 0 Å². The number of hydrogen-bond acceptors (Lipinski definition) is 3. The molecule has 0 unspecified atom stereocenters. The highest BCUT2D eigenvalue weighted by Crippen LogP contribution is 2.20. The number of nitrogens with two attached hydrogens (primary N) is 1. The van der Waals surface area contributed by atoms with Crippen molar-refractivity contribution in [3.05, 3.63) is 59.4 Å². The quantitative estimate of drug-likeness (QED) is 0.527. The van der Waals surface area contributed by atoms with Crippen molar-refractivity contribution in [2.45, 2.75) is 0 Å². The highest BCUT2D eigenvalue weighted by molar-refractivity contribution is 6.12. The smallest absolute Gasteiger partial charge is 0.213 e. The maximum atomic E-state index is 13.0. The van der Waals surface area contributed by atoms with Crippen LogP contribution >= 0.6 is 0 Å².